The molecule has 1 aromatic rings. The number of aromatic nitrogens is 1. The lowest BCUT2D eigenvalue weighted by Gasteiger charge is -2.26. The van der Waals surface area contributed by atoms with Gasteiger partial charge in [0.25, 0.3) is 0 Å². The molecule has 0 saturated carbocycles. The van der Waals surface area contributed by atoms with Crippen LogP contribution >= 0.6 is 0 Å². The smallest absolute Gasteiger partial charge is 0.129 e. The van der Waals surface area contributed by atoms with Crippen molar-refractivity contribution in [2.75, 3.05) is 11.9 Å². The fourth-order valence-electron chi connectivity index (χ4n) is 1.87. The van der Waals surface area contributed by atoms with Gasteiger partial charge < -0.3 is 10.2 Å². The monoisotopic (exact) mass is 263 g/mol. The van der Waals surface area contributed by atoms with Crippen LogP contribution in [0, 0.1) is 6.92 Å². The molecule has 1 unspecified atom stereocenters. The van der Waals surface area contributed by atoms with Crippen LogP contribution in [-0.4, -0.2) is 23.6 Å². The molecule has 0 aliphatic rings. The highest BCUT2D eigenvalue weighted by molar-refractivity contribution is 5.42. The average Bonchev–Trinajstić information content (AvgIpc) is 2.33. The molecule has 0 bridgehead atoms. The summed E-state index contributed by atoms with van der Waals surface area (Å²) in [6, 6.07) is 4.86. The lowest BCUT2D eigenvalue weighted by Crippen LogP contribution is -2.35. The Morgan fingerprint density at radius 2 is 1.95 bits per heavy atom. The molecular formula is C16H29N3. The fraction of sp³-hybridized carbons (Fsp3) is 0.688. The fourth-order valence-corrected chi connectivity index (χ4v) is 1.87. The third kappa shape index (κ3) is 5.19. The van der Waals surface area contributed by atoms with Crippen molar-refractivity contribution in [3.05, 3.63) is 23.4 Å². The molecule has 1 rings (SSSR count). The number of pyridine rings is 1. The first-order chi connectivity index (χ1) is 8.73. The number of aryl methyl sites for hydroxylation is 1. The van der Waals surface area contributed by atoms with Gasteiger partial charge in [-0.3, -0.25) is 0 Å². The van der Waals surface area contributed by atoms with Gasteiger partial charge in [-0.05, 0) is 58.7 Å². The van der Waals surface area contributed by atoms with E-state index >= 15 is 0 Å². The van der Waals surface area contributed by atoms with E-state index in [4.69, 9.17) is 0 Å². The van der Waals surface area contributed by atoms with Crippen molar-refractivity contribution >= 4 is 5.82 Å². The zero-order valence-corrected chi connectivity index (χ0v) is 13.5. The zero-order valence-electron chi connectivity index (χ0n) is 13.5. The summed E-state index contributed by atoms with van der Waals surface area (Å²) in [5, 5.41) is 3.53. The van der Waals surface area contributed by atoms with E-state index in [-0.39, 0.29) is 5.54 Å². The average molecular weight is 263 g/mol. The maximum Gasteiger partial charge on any atom is 0.129 e. The van der Waals surface area contributed by atoms with Crippen LogP contribution in [0.4, 0.5) is 5.82 Å². The Bertz CT molecular complexity index is 407. The molecule has 1 atom stereocenters. The molecule has 0 fully saturated rings. The molecule has 19 heavy (non-hydrogen) atoms. The summed E-state index contributed by atoms with van der Waals surface area (Å²) in [6.07, 6.45) is 1.13. The molecule has 0 spiro atoms. The van der Waals surface area contributed by atoms with Gasteiger partial charge in [-0.15, -0.1) is 0 Å². The SMILES string of the molecule is CCC(C)N(C)c1cc(CNC(C)(C)C)cc(C)n1. The molecule has 0 amide bonds. The van der Waals surface area contributed by atoms with Gasteiger partial charge in [-0.2, -0.15) is 0 Å². The molecule has 0 aliphatic carbocycles. The van der Waals surface area contributed by atoms with E-state index in [1.54, 1.807) is 0 Å². The molecule has 0 radical (unpaired) electrons. The van der Waals surface area contributed by atoms with E-state index < -0.39 is 0 Å². The highest BCUT2D eigenvalue weighted by Crippen LogP contribution is 2.17. The number of nitrogens with zero attached hydrogens (tertiary/aromatic N) is 2. The lowest BCUT2D eigenvalue weighted by atomic mass is 10.1. The third-order valence-electron chi connectivity index (χ3n) is 3.44. The van der Waals surface area contributed by atoms with Crippen molar-refractivity contribution in [3.63, 3.8) is 0 Å². The second kappa shape index (κ2) is 6.38. The van der Waals surface area contributed by atoms with Crippen molar-refractivity contribution in [1.29, 1.82) is 0 Å². The Kier molecular flexibility index (Phi) is 5.36. The minimum Gasteiger partial charge on any atom is -0.357 e. The van der Waals surface area contributed by atoms with Crippen molar-refractivity contribution in [1.82, 2.24) is 10.3 Å². The maximum absolute atomic E-state index is 4.65. The first kappa shape index (κ1) is 16.0. The Morgan fingerprint density at radius 1 is 1.32 bits per heavy atom. The highest BCUT2D eigenvalue weighted by atomic mass is 15.2. The number of hydrogen-bond acceptors (Lipinski definition) is 3. The summed E-state index contributed by atoms with van der Waals surface area (Å²) >= 11 is 0. The predicted molar refractivity (Wildman–Crippen MR) is 83.7 cm³/mol. The Morgan fingerprint density at radius 3 is 2.47 bits per heavy atom. The molecule has 0 aromatic carbocycles. The van der Waals surface area contributed by atoms with E-state index in [9.17, 15) is 0 Å². The van der Waals surface area contributed by atoms with E-state index in [1.807, 2.05) is 0 Å². The van der Waals surface area contributed by atoms with Crippen LogP contribution in [-0.2, 0) is 6.54 Å². The highest BCUT2D eigenvalue weighted by Gasteiger charge is 2.12. The van der Waals surface area contributed by atoms with Crippen LogP contribution in [0.15, 0.2) is 12.1 Å². The Hall–Kier alpha value is -1.09. The van der Waals surface area contributed by atoms with Crippen LogP contribution in [0.25, 0.3) is 0 Å². The molecule has 1 aromatic heterocycles. The van der Waals surface area contributed by atoms with Crippen molar-refractivity contribution in [2.45, 2.75) is 66.1 Å². The summed E-state index contributed by atoms with van der Waals surface area (Å²) < 4.78 is 0. The molecule has 1 heterocycles. The number of rotatable bonds is 5. The quantitative estimate of drug-likeness (QED) is 0.881. The van der Waals surface area contributed by atoms with Crippen LogP contribution in [0.1, 0.15) is 52.3 Å². The molecule has 0 saturated heterocycles. The van der Waals surface area contributed by atoms with Crippen molar-refractivity contribution in [2.24, 2.45) is 0 Å². The summed E-state index contributed by atoms with van der Waals surface area (Å²) in [4.78, 5) is 6.90. The molecule has 0 aliphatic heterocycles. The Labute approximate surface area is 118 Å². The second-order valence-corrected chi connectivity index (χ2v) is 6.45. The third-order valence-corrected chi connectivity index (χ3v) is 3.44. The summed E-state index contributed by atoms with van der Waals surface area (Å²) in [5.41, 5.74) is 2.52. The van der Waals surface area contributed by atoms with Gasteiger partial charge >= 0.3 is 0 Å². The second-order valence-electron chi connectivity index (χ2n) is 6.45. The summed E-state index contributed by atoms with van der Waals surface area (Å²) in [7, 11) is 2.12. The van der Waals surface area contributed by atoms with Gasteiger partial charge in [-0.25, -0.2) is 4.98 Å². The standard InChI is InChI=1S/C16H29N3/c1-8-13(3)19(7)15-10-14(9-12(2)18-15)11-17-16(4,5)6/h9-10,13,17H,8,11H2,1-7H3. The van der Waals surface area contributed by atoms with E-state index in [1.165, 1.54) is 5.56 Å². The number of hydrogen-bond donors (Lipinski definition) is 1. The lowest BCUT2D eigenvalue weighted by molar-refractivity contribution is 0.424. The molecule has 108 valence electrons. The van der Waals surface area contributed by atoms with Crippen LogP contribution in [0.5, 0.6) is 0 Å². The van der Waals surface area contributed by atoms with Gasteiger partial charge in [0, 0.05) is 30.9 Å². The van der Waals surface area contributed by atoms with Crippen LogP contribution in [0.2, 0.25) is 0 Å². The molecule has 3 nitrogen and oxygen atoms in total. The van der Waals surface area contributed by atoms with Gasteiger partial charge in [-0.1, -0.05) is 6.92 Å². The van der Waals surface area contributed by atoms with E-state index in [2.05, 4.69) is 75.9 Å². The van der Waals surface area contributed by atoms with Crippen LogP contribution < -0.4 is 10.2 Å². The van der Waals surface area contributed by atoms with Gasteiger partial charge in [0.15, 0.2) is 0 Å². The van der Waals surface area contributed by atoms with Gasteiger partial charge in [0.1, 0.15) is 5.82 Å². The largest absolute Gasteiger partial charge is 0.357 e. The maximum atomic E-state index is 4.65. The summed E-state index contributed by atoms with van der Waals surface area (Å²) in [5.74, 6) is 1.07. The minimum atomic E-state index is 0.139. The van der Waals surface area contributed by atoms with Crippen LogP contribution in [0.3, 0.4) is 0 Å². The first-order valence-electron chi connectivity index (χ1n) is 7.18. The molecule has 3 heteroatoms. The number of nitrogens with one attached hydrogen (secondary N) is 1. The van der Waals surface area contributed by atoms with E-state index in [0.717, 1.165) is 24.5 Å². The molecule has 1 N–H and O–H groups in total. The normalized spacial score (nSPS) is 13.4. The topological polar surface area (TPSA) is 28.2 Å². The first-order valence-corrected chi connectivity index (χ1v) is 7.18. The summed E-state index contributed by atoms with van der Waals surface area (Å²) in [6.45, 7) is 14.0. The predicted octanol–water partition coefficient (Wildman–Crippen LogP) is 3.51. The zero-order chi connectivity index (χ0) is 14.6. The van der Waals surface area contributed by atoms with Crippen molar-refractivity contribution in [3.8, 4) is 0 Å². The minimum absolute atomic E-state index is 0.139. The molecular weight excluding hydrogens is 234 g/mol. The Balaban J connectivity index is 2.88. The van der Waals surface area contributed by atoms with Crippen molar-refractivity contribution < 1.29 is 0 Å². The van der Waals surface area contributed by atoms with E-state index in [0.29, 0.717) is 6.04 Å². The van der Waals surface area contributed by atoms with Gasteiger partial charge in [0.2, 0.25) is 0 Å². The van der Waals surface area contributed by atoms with Gasteiger partial charge in [0.05, 0.1) is 0 Å². The number of anilines is 1.